The fourth-order valence-electron chi connectivity index (χ4n) is 3.88. The number of rotatable bonds is 9. The highest BCUT2D eigenvalue weighted by Gasteiger charge is 2.38. The summed E-state index contributed by atoms with van der Waals surface area (Å²) in [6.45, 7) is 1.22. The number of hydrogen-bond acceptors (Lipinski definition) is 3. The monoisotopic (exact) mass is 444 g/mol. The molecule has 0 fully saturated rings. The number of hydroxylamine groups is 1. The van der Waals surface area contributed by atoms with Crippen molar-refractivity contribution in [1.29, 1.82) is 0 Å². The molecule has 1 unspecified atom stereocenters. The van der Waals surface area contributed by atoms with Gasteiger partial charge >= 0.3 is 0 Å². The third-order valence-electron chi connectivity index (χ3n) is 5.60. The molecular formula is C28H26F2N2O. The van der Waals surface area contributed by atoms with E-state index in [1.165, 1.54) is 12.1 Å². The number of halogens is 2. The van der Waals surface area contributed by atoms with Gasteiger partial charge in [-0.15, -0.1) is 0 Å². The topological polar surface area (TPSA) is 34.1 Å². The van der Waals surface area contributed by atoms with Crippen LogP contribution in [0, 0.1) is 0 Å². The van der Waals surface area contributed by atoms with Crippen LogP contribution in [0.5, 0.6) is 0 Å². The van der Waals surface area contributed by atoms with Crippen LogP contribution in [-0.4, -0.2) is 4.98 Å². The molecule has 0 saturated carbocycles. The Labute approximate surface area is 193 Å². The number of hydrogen-bond donors (Lipinski definition) is 1. The summed E-state index contributed by atoms with van der Waals surface area (Å²) in [5.41, 5.74) is 5.53. The van der Waals surface area contributed by atoms with Gasteiger partial charge in [-0.05, 0) is 34.9 Å². The van der Waals surface area contributed by atoms with Crippen LogP contribution in [0.3, 0.4) is 0 Å². The Morgan fingerprint density at radius 3 is 2.03 bits per heavy atom. The van der Waals surface area contributed by atoms with Crippen molar-refractivity contribution in [3.8, 4) is 0 Å². The lowest BCUT2D eigenvalue weighted by Crippen LogP contribution is -2.46. The summed E-state index contributed by atoms with van der Waals surface area (Å²) in [6.07, 6.45) is 2.16. The maximum atomic E-state index is 14.3. The van der Waals surface area contributed by atoms with Gasteiger partial charge in [-0.3, -0.25) is 9.82 Å². The largest absolute Gasteiger partial charge is 0.296 e. The van der Waals surface area contributed by atoms with Crippen molar-refractivity contribution < 1.29 is 13.6 Å². The molecule has 0 aliphatic rings. The molecule has 0 bridgehead atoms. The zero-order valence-electron chi connectivity index (χ0n) is 18.4. The Morgan fingerprint density at radius 2 is 1.39 bits per heavy atom. The average molecular weight is 445 g/mol. The predicted molar refractivity (Wildman–Crippen MR) is 126 cm³/mol. The van der Waals surface area contributed by atoms with Gasteiger partial charge in [0.2, 0.25) is 0 Å². The Hall–Kier alpha value is -3.41. The highest BCUT2D eigenvalue weighted by Crippen LogP contribution is 2.36. The van der Waals surface area contributed by atoms with Gasteiger partial charge in [0.1, 0.15) is 5.54 Å². The van der Waals surface area contributed by atoms with Crippen molar-refractivity contribution in [1.82, 2.24) is 10.5 Å². The van der Waals surface area contributed by atoms with Gasteiger partial charge < -0.3 is 0 Å². The average Bonchev–Trinajstić information content (AvgIpc) is 2.85. The molecule has 4 rings (SSSR count). The van der Waals surface area contributed by atoms with Crippen LogP contribution in [0.1, 0.15) is 34.9 Å². The Morgan fingerprint density at radius 1 is 0.758 bits per heavy atom. The zero-order chi connectivity index (χ0) is 23.2. The molecule has 1 atom stereocenters. The van der Waals surface area contributed by atoms with E-state index < -0.39 is 11.5 Å². The van der Waals surface area contributed by atoms with Gasteiger partial charge in [0.05, 0.1) is 12.3 Å². The second-order valence-electron chi connectivity index (χ2n) is 8.13. The van der Waals surface area contributed by atoms with Crippen LogP contribution >= 0.6 is 0 Å². The molecule has 3 nitrogen and oxygen atoms in total. The maximum absolute atomic E-state index is 14.3. The third kappa shape index (κ3) is 5.51. The minimum atomic E-state index is -2.97. The first-order chi connectivity index (χ1) is 16.0. The van der Waals surface area contributed by atoms with Gasteiger partial charge in [0.15, 0.2) is 0 Å². The summed E-state index contributed by atoms with van der Waals surface area (Å²) in [5.74, 6) is -2.97. The van der Waals surface area contributed by atoms with Crippen LogP contribution < -0.4 is 5.48 Å². The van der Waals surface area contributed by atoms with Crippen molar-refractivity contribution in [3.05, 3.63) is 137 Å². The SMILES string of the molecule is CC(F)(F)c1cccc(C(Cc2ccccc2)(NOCc2ccccc2)c2ccccn2)c1. The third-order valence-corrected chi connectivity index (χ3v) is 5.60. The molecular weight excluding hydrogens is 418 g/mol. The van der Waals surface area contributed by atoms with Gasteiger partial charge in [0, 0.05) is 25.1 Å². The van der Waals surface area contributed by atoms with Gasteiger partial charge in [-0.1, -0.05) is 84.9 Å². The molecule has 0 amide bonds. The fraction of sp³-hybridized carbons (Fsp3) is 0.179. The number of nitrogens with zero attached hydrogens (tertiary/aromatic N) is 1. The summed E-state index contributed by atoms with van der Waals surface area (Å²) in [5, 5.41) is 0. The number of pyridine rings is 1. The van der Waals surface area contributed by atoms with E-state index in [1.54, 1.807) is 12.3 Å². The number of nitrogens with one attached hydrogen (secondary N) is 1. The molecule has 0 saturated heterocycles. The highest BCUT2D eigenvalue weighted by molar-refractivity contribution is 5.40. The molecule has 3 aromatic carbocycles. The lowest BCUT2D eigenvalue weighted by molar-refractivity contribution is -0.0253. The van der Waals surface area contributed by atoms with Crippen molar-refractivity contribution in [2.75, 3.05) is 0 Å². The molecule has 1 heterocycles. The van der Waals surface area contributed by atoms with Crippen LogP contribution in [-0.2, 0) is 29.3 Å². The lowest BCUT2D eigenvalue weighted by Gasteiger charge is -2.35. The summed E-state index contributed by atoms with van der Waals surface area (Å²) in [4.78, 5) is 10.6. The van der Waals surface area contributed by atoms with Crippen LogP contribution in [0.25, 0.3) is 0 Å². The normalized spacial score (nSPS) is 13.4. The molecule has 0 spiro atoms. The minimum Gasteiger partial charge on any atom is -0.296 e. The number of aromatic nitrogens is 1. The first-order valence-corrected chi connectivity index (χ1v) is 10.8. The fourth-order valence-corrected chi connectivity index (χ4v) is 3.88. The van der Waals surface area contributed by atoms with E-state index in [0.717, 1.165) is 18.1 Å². The minimum absolute atomic E-state index is 0.0572. The highest BCUT2D eigenvalue weighted by atomic mass is 19.3. The summed E-state index contributed by atoms with van der Waals surface area (Å²) < 4.78 is 28.5. The molecule has 168 valence electrons. The van der Waals surface area contributed by atoms with Gasteiger partial charge in [0.25, 0.3) is 5.92 Å². The first kappa shape index (κ1) is 22.8. The number of alkyl halides is 2. The van der Waals surface area contributed by atoms with Crippen LogP contribution in [0.15, 0.2) is 109 Å². The molecule has 33 heavy (non-hydrogen) atoms. The summed E-state index contributed by atoms with van der Waals surface area (Å²) in [7, 11) is 0. The van der Waals surface area contributed by atoms with Crippen molar-refractivity contribution in [3.63, 3.8) is 0 Å². The summed E-state index contributed by atoms with van der Waals surface area (Å²) in [6, 6.07) is 31.7. The second-order valence-corrected chi connectivity index (χ2v) is 8.13. The molecule has 4 aromatic rings. The van der Waals surface area contributed by atoms with Crippen molar-refractivity contribution in [2.45, 2.75) is 31.4 Å². The lowest BCUT2D eigenvalue weighted by atomic mass is 9.80. The molecule has 1 aromatic heterocycles. The van der Waals surface area contributed by atoms with Crippen LogP contribution in [0.2, 0.25) is 0 Å². The van der Waals surface area contributed by atoms with E-state index in [-0.39, 0.29) is 5.56 Å². The zero-order valence-corrected chi connectivity index (χ0v) is 18.4. The standard InChI is InChI=1S/C28H26F2N2O/c1-27(29,30)24-15-10-16-25(19-24)28(26-17-8-9-18-31-26,20-22-11-4-2-5-12-22)32-33-21-23-13-6-3-7-14-23/h2-19,32H,20-21H2,1H3. The van der Waals surface area contributed by atoms with Crippen molar-refractivity contribution in [2.24, 2.45) is 0 Å². The Kier molecular flexibility index (Phi) is 6.92. The molecule has 0 aliphatic heterocycles. The Balaban J connectivity index is 1.80. The molecule has 5 heteroatoms. The second kappa shape index (κ2) is 10.0. The quantitative estimate of drug-likeness (QED) is 0.303. The first-order valence-electron chi connectivity index (χ1n) is 10.8. The van der Waals surface area contributed by atoms with E-state index in [0.29, 0.717) is 24.3 Å². The summed E-state index contributed by atoms with van der Waals surface area (Å²) >= 11 is 0. The number of benzene rings is 3. The van der Waals surface area contributed by atoms with E-state index in [2.05, 4.69) is 10.5 Å². The van der Waals surface area contributed by atoms with Crippen molar-refractivity contribution >= 4 is 0 Å². The smallest absolute Gasteiger partial charge is 0.270 e. The van der Waals surface area contributed by atoms with E-state index in [9.17, 15) is 8.78 Å². The molecule has 1 N–H and O–H groups in total. The maximum Gasteiger partial charge on any atom is 0.270 e. The van der Waals surface area contributed by atoms with Gasteiger partial charge in [-0.2, -0.15) is 5.48 Å². The molecule has 0 radical (unpaired) electrons. The Bertz CT molecular complexity index is 1150. The van der Waals surface area contributed by atoms with E-state index in [1.807, 2.05) is 84.9 Å². The van der Waals surface area contributed by atoms with E-state index >= 15 is 0 Å². The van der Waals surface area contributed by atoms with E-state index in [4.69, 9.17) is 4.84 Å². The molecule has 0 aliphatic carbocycles. The van der Waals surface area contributed by atoms with Gasteiger partial charge in [-0.25, -0.2) is 8.78 Å². The predicted octanol–water partition coefficient (Wildman–Crippen LogP) is 6.40. The van der Waals surface area contributed by atoms with Crippen LogP contribution in [0.4, 0.5) is 8.78 Å².